The Bertz CT molecular complexity index is 1610. The molecule has 45 heavy (non-hydrogen) atoms. The predicted octanol–water partition coefficient (Wildman–Crippen LogP) is 5.11. The van der Waals surface area contributed by atoms with E-state index in [1.165, 1.54) is 14.7 Å². The molecule has 0 bridgehead atoms. The first kappa shape index (κ1) is 32.3. The largest absolute Gasteiger partial charge is 0.484 e. The van der Waals surface area contributed by atoms with Gasteiger partial charge in [-0.25, -0.2) is 4.79 Å². The molecular weight excluding hydrogens is 570 g/mol. The van der Waals surface area contributed by atoms with Gasteiger partial charge in [0, 0.05) is 42.9 Å². The van der Waals surface area contributed by atoms with Gasteiger partial charge in [-0.05, 0) is 60.5 Å². The number of rotatable bonds is 12. The summed E-state index contributed by atoms with van der Waals surface area (Å²) >= 11 is 0. The Labute approximate surface area is 263 Å². The lowest BCUT2D eigenvalue weighted by molar-refractivity contribution is -0.121. The van der Waals surface area contributed by atoms with Crippen molar-refractivity contribution in [1.82, 2.24) is 5.32 Å². The number of urea groups is 1. The van der Waals surface area contributed by atoms with Crippen molar-refractivity contribution in [3.05, 3.63) is 115 Å². The zero-order chi connectivity index (χ0) is 32.2. The zero-order valence-electron chi connectivity index (χ0n) is 25.6. The number of nitrogens with one attached hydrogen (secondary N) is 2. The minimum atomic E-state index is -0.553. The maximum Gasteiger partial charge on any atom is 0.319 e. The van der Waals surface area contributed by atoms with Gasteiger partial charge in [0.25, 0.3) is 5.91 Å². The number of anilines is 4. The van der Waals surface area contributed by atoms with Crippen LogP contribution >= 0.6 is 0 Å². The second-order valence-electron chi connectivity index (χ2n) is 10.2. The van der Waals surface area contributed by atoms with Crippen molar-refractivity contribution >= 4 is 46.5 Å². The second kappa shape index (κ2) is 15.7. The molecule has 2 N–H and O–H groups in total. The molecule has 0 radical (unpaired) electrons. The number of carbonyl (C=O) groups excluding carboxylic acids is 4. The van der Waals surface area contributed by atoms with Crippen LogP contribution < -0.4 is 30.1 Å². The number of benzene rings is 4. The molecule has 0 saturated heterocycles. The van der Waals surface area contributed by atoms with Gasteiger partial charge in [-0.2, -0.15) is 0 Å². The summed E-state index contributed by atoms with van der Waals surface area (Å²) in [5.74, 6) is -0.787. The highest BCUT2D eigenvalue weighted by molar-refractivity contribution is 6.05. The molecule has 10 nitrogen and oxygen atoms in total. The highest BCUT2D eigenvalue weighted by Crippen LogP contribution is 2.23. The molecule has 4 rings (SSSR count). The number of nitrogens with zero attached hydrogens (tertiary/aromatic N) is 3. The highest BCUT2D eigenvalue weighted by atomic mass is 16.5. The van der Waals surface area contributed by atoms with E-state index in [4.69, 9.17) is 4.74 Å². The summed E-state index contributed by atoms with van der Waals surface area (Å²) in [5, 5.41) is 5.32. The van der Waals surface area contributed by atoms with Crippen LogP contribution in [0.3, 0.4) is 0 Å². The number of carbonyl (C=O) groups is 4. The molecule has 0 aliphatic rings. The summed E-state index contributed by atoms with van der Waals surface area (Å²) in [6.07, 6.45) is 0.816. The summed E-state index contributed by atoms with van der Waals surface area (Å²) in [4.78, 5) is 56.5. The Morgan fingerprint density at radius 3 is 1.91 bits per heavy atom. The molecule has 0 aromatic heterocycles. The number of hydrogen-bond acceptors (Lipinski definition) is 5. The zero-order valence-corrected chi connectivity index (χ0v) is 25.6. The van der Waals surface area contributed by atoms with Crippen LogP contribution in [0.1, 0.15) is 12.5 Å². The third-order valence-electron chi connectivity index (χ3n) is 7.11. The first-order valence-electron chi connectivity index (χ1n) is 14.6. The van der Waals surface area contributed by atoms with Gasteiger partial charge >= 0.3 is 6.03 Å². The fraction of sp³-hybridized carbons (Fsp3) is 0.200. The summed E-state index contributed by atoms with van der Waals surface area (Å²) < 4.78 is 5.78. The van der Waals surface area contributed by atoms with E-state index in [2.05, 4.69) is 10.6 Å². The standard InChI is InChI=1S/C35H37N5O5/c1-4-26-13-11-14-27(21-26)37-35(44)36-23-32(41)40(24-33(42)38(2)28-15-7-5-8-16-28)30-19-12-20-31(22-30)45-25-34(43)39(3)29-17-9-6-10-18-29/h5-22H,4,23-25H2,1-3H3,(H2,36,37,44). The number of ether oxygens (including phenoxy) is 1. The monoisotopic (exact) mass is 607 g/mol. The van der Waals surface area contributed by atoms with E-state index in [-0.39, 0.29) is 31.5 Å². The molecule has 0 atom stereocenters. The van der Waals surface area contributed by atoms with Crippen molar-refractivity contribution in [2.24, 2.45) is 0 Å². The van der Waals surface area contributed by atoms with Crippen molar-refractivity contribution in [2.75, 3.05) is 53.8 Å². The van der Waals surface area contributed by atoms with Gasteiger partial charge in [-0.1, -0.05) is 61.5 Å². The quantitative estimate of drug-likeness (QED) is 0.233. The summed E-state index contributed by atoms with van der Waals surface area (Å²) in [7, 11) is 3.29. The van der Waals surface area contributed by atoms with E-state index in [0.29, 0.717) is 22.8 Å². The summed E-state index contributed by atoms with van der Waals surface area (Å²) in [6, 6.07) is 31.7. The number of para-hydroxylation sites is 2. The minimum absolute atomic E-state index is 0.237. The summed E-state index contributed by atoms with van der Waals surface area (Å²) in [5.41, 5.74) is 3.43. The second-order valence-corrected chi connectivity index (χ2v) is 10.2. The number of amides is 5. The van der Waals surface area contributed by atoms with Crippen LogP contribution in [0.4, 0.5) is 27.5 Å². The normalized spacial score (nSPS) is 10.4. The molecule has 0 spiro atoms. The fourth-order valence-corrected chi connectivity index (χ4v) is 4.43. The number of hydrogen-bond donors (Lipinski definition) is 2. The van der Waals surface area contributed by atoms with E-state index in [0.717, 1.165) is 17.7 Å². The molecule has 0 saturated carbocycles. The smallest absolute Gasteiger partial charge is 0.319 e. The van der Waals surface area contributed by atoms with Crippen molar-refractivity contribution in [3.8, 4) is 5.75 Å². The van der Waals surface area contributed by atoms with Crippen LogP contribution in [0.2, 0.25) is 0 Å². The molecule has 4 aromatic carbocycles. The third kappa shape index (κ3) is 9.17. The Balaban J connectivity index is 1.47. The first-order chi connectivity index (χ1) is 21.7. The van der Waals surface area contributed by atoms with Crippen LogP contribution in [0, 0.1) is 0 Å². The fourth-order valence-electron chi connectivity index (χ4n) is 4.43. The Kier molecular flexibility index (Phi) is 11.3. The van der Waals surface area contributed by atoms with E-state index >= 15 is 0 Å². The average molecular weight is 608 g/mol. The van der Waals surface area contributed by atoms with Gasteiger partial charge in [-0.15, -0.1) is 0 Å². The van der Waals surface area contributed by atoms with Gasteiger partial charge in [-0.3, -0.25) is 14.4 Å². The SMILES string of the molecule is CCc1cccc(NC(=O)NCC(=O)N(CC(=O)N(C)c2ccccc2)c2cccc(OCC(=O)N(C)c3ccccc3)c2)c1. The average Bonchev–Trinajstić information content (AvgIpc) is 3.08. The van der Waals surface area contributed by atoms with E-state index in [1.807, 2.05) is 73.7 Å². The molecule has 232 valence electrons. The van der Waals surface area contributed by atoms with Crippen molar-refractivity contribution in [2.45, 2.75) is 13.3 Å². The molecule has 4 aromatic rings. The Morgan fingerprint density at radius 2 is 1.27 bits per heavy atom. The predicted molar refractivity (Wildman–Crippen MR) is 177 cm³/mol. The lowest BCUT2D eigenvalue weighted by Crippen LogP contribution is -2.46. The van der Waals surface area contributed by atoms with Crippen molar-refractivity contribution in [1.29, 1.82) is 0 Å². The van der Waals surface area contributed by atoms with Crippen LogP contribution in [0.25, 0.3) is 0 Å². The lowest BCUT2D eigenvalue weighted by Gasteiger charge is -2.26. The van der Waals surface area contributed by atoms with Crippen molar-refractivity contribution in [3.63, 3.8) is 0 Å². The Morgan fingerprint density at radius 1 is 0.667 bits per heavy atom. The summed E-state index contributed by atoms with van der Waals surface area (Å²) in [6.45, 7) is 1.11. The molecule has 0 heterocycles. The maximum absolute atomic E-state index is 13.5. The molecule has 0 aliphatic carbocycles. The molecule has 0 aliphatic heterocycles. The lowest BCUT2D eigenvalue weighted by atomic mass is 10.1. The molecule has 0 fully saturated rings. The van der Waals surface area contributed by atoms with E-state index in [9.17, 15) is 19.2 Å². The molecule has 10 heteroatoms. The number of likely N-dealkylation sites (N-methyl/N-ethyl adjacent to an activating group) is 2. The van der Waals surface area contributed by atoms with Gasteiger partial charge in [0.05, 0.1) is 6.54 Å². The topological polar surface area (TPSA) is 111 Å². The van der Waals surface area contributed by atoms with Crippen LogP contribution in [0.5, 0.6) is 5.75 Å². The van der Waals surface area contributed by atoms with Gasteiger partial charge in [0.15, 0.2) is 6.61 Å². The highest BCUT2D eigenvalue weighted by Gasteiger charge is 2.23. The van der Waals surface area contributed by atoms with Gasteiger partial charge in [0.2, 0.25) is 11.8 Å². The molecular formula is C35H37N5O5. The van der Waals surface area contributed by atoms with E-state index < -0.39 is 11.9 Å². The van der Waals surface area contributed by atoms with Gasteiger partial charge in [0.1, 0.15) is 12.3 Å². The van der Waals surface area contributed by atoms with Crippen LogP contribution in [-0.2, 0) is 20.8 Å². The van der Waals surface area contributed by atoms with Crippen LogP contribution in [0.15, 0.2) is 109 Å². The third-order valence-corrected chi connectivity index (χ3v) is 7.11. The minimum Gasteiger partial charge on any atom is -0.484 e. The Hall–Kier alpha value is -5.64. The van der Waals surface area contributed by atoms with Gasteiger partial charge < -0.3 is 30.1 Å². The maximum atomic E-state index is 13.5. The van der Waals surface area contributed by atoms with Crippen molar-refractivity contribution < 1.29 is 23.9 Å². The first-order valence-corrected chi connectivity index (χ1v) is 14.6. The number of aryl methyl sites for hydroxylation is 1. The van der Waals surface area contributed by atoms with E-state index in [1.54, 1.807) is 56.6 Å². The van der Waals surface area contributed by atoms with Crippen LogP contribution in [-0.4, -0.2) is 57.5 Å². The molecule has 0 unspecified atom stereocenters. The molecule has 5 amide bonds.